The minimum atomic E-state index is -0.798. The molecule has 1 aliphatic rings. The van der Waals surface area contributed by atoms with Crippen molar-refractivity contribution in [2.45, 2.75) is 39.2 Å². The van der Waals surface area contributed by atoms with Gasteiger partial charge in [0, 0.05) is 13.1 Å². The molecular formula is C19H25N3O3. The van der Waals surface area contributed by atoms with Crippen LogP contribution < -0.4 is 10.2 Å². The number of unbranched alkanes of at least 4 members (excludes halogenated alkanes) is 1. The largest absolute Gasteiger partial charge is 0.338 e. The van der Waals surface area contributed by atoms with Gasteiger partial charge in [-0.05, 0) is 25.5 Å². The van der Waals surface area contributed by atoms with Crippen LogP contribution in [-0.2, 0) is 9.59 Å². The van der Waals surface area contributed by atoms with Crippen molar-refractivity contribution in [2.75, 3.05) is 18.0 Å². The number of carbonyl (C=O) groups is 3. The van der Waals surface area contributed by atoms with E-state index in [9.17, 15) is 14.4 Å². The van der Waals surface area contributed by atoms with Gasteiger partial charge in [0.2, 0.25) is 5.91 Å². The van der Waals surface area contributed by atoms with Crippen molar-refractivity contribution in [3.05, 3.63) is 42.5 Å². The summed E-state index contributed by atoms with van der Waals surface area (Å²) in [7, 11) is 0. The van der Waals surface area contributed by atoms with Crippen LogP contribution in [0.1, 0.15) is 31.7 Å². The molecule has 0 bridgehead atoms. The lowest BCUT2D eigenvalue weighted by Crippen LogP contribution is -2.49. The summed E-state index contributed by atoms with van der Waals surface area (Å²) in [5.41, 5.74) is 1.58. The Balaban J connectivity index is 2.18. The van der Waals surface area contributed by atoms with Crippen molar-refractivity contribution in [1.29, 1.82) is 0 Å². The van der Waals surface area contributed by atoms with Crippen LogP contribution in [0, 0.1) is 6.92 Å². The molecule has 1 aliphatic heterocycles. The number of hydrogen-bond acceptors (Lipinski definition) is 3. The molecule has 6 nitrogen and oxygen atoms in total. The first-order chi connectivity index (χ1) is 12.0. The molecule has 1 fully saturated rings. The molecule has 134 valence electrons. The summed E-state index contributed by atoms with van der Waals surface area (Å²) < 4.78 is 0. The predicted molar refractivity (Wildman–Crippen MR) is 97.3 cm³/mol. The van der Waals surface area contributed by atoms with Crippen LogP contribution in [0.5, 0.6) is 0 Å². The van der Waals surface area contributed by atoms with Crippen LogP contribution >= 0.6 is 0 Å². The molecule has 1 heterocycles. The van der Waals surface area contributed by atoms with Crippen molar-refractivity contribution in [1.82, 2.24) is 10.2 Å². The number of urea groups is 1. The molecule has 1 aromatic rings. The maximum Gasteiger partial charge on any atom is 0.318 e. The fourth-order valence-electron chi connectivity index (χ4n) is 2.79. The maximum absolute atomic E-state index is 12.8. The number of imide groups is 1. The standard InChI is InChI=1S/C19H25N3O3/c1-4-6-11-20-19(25)21(12-5-2)16-13-17(23)22(18(16)24)15-9-7-14(3)8-10-15/h5,7-10,16H,2,4,6,11-13H2,1,3H3,(H,20,25)/t16-/m1/s1. The second kappa shape index (κ2) is 8.46. The first kappa shape index (κ1) is 18.7. The van der Waals surface area contributed by atoms with Crippen molar-refractivity contribution < 1.29 is 14.4 Å². The van der Waals surface area contributed by atoms with E-state index < -0.39 is 6.04 Å². The number of nitrogens with one attached hydrogen (secondary N) is 1. The van der Waals surface area contributed by atoms with E-state index in [0.29, 0.717) is 12.2 Å². The molecule has 6 heteroatoms. The van der Waals surface area contributed by atoms with E-state index in [0.717, 1.165) is 18.4 Å². The average Bonchev–Trinajstić information content (AvgIpc) is 2.88. The summed E-state index contributed by atoms with van der Waals surface area (Å²) in [6.45, 7) is 8.37. The van der Waals surface area contributed by atoms with Gasteiger partial charge in [-0.25, -0.2) is 9.69 Å². The van der Waals surface area contributed by atoms with Crippen molar-refractivity contribution in [3.63, 3.8) is 0 Å². The normalized spacial score (nSPS) is 16.9. The predicted octanol–water partition coefficient (Wildman–Crippen LogP) is 2.62. The van der Waals surface area contributed by atoms with Gasteiger partial charge in [-0.3, -0.25) is 9.59 Å². The van der Waals surface area contributed by atoms with Crippen LogP contribution in [0.15, 0.2) is 36.9 Å². The van der Waals surface area contributed by atoms with Gasteiger partial charge >= 0.3 is 6.03 Å². The first-order valence-corrected chi connectivity index (χ1v) is 8.58. The van der Waals surface area contributed by atoms with Gasteiger partial charge in [0.15, 0.2) is 0 Å². The molecular weight excluding hydrogens is 318 g/mol. The third kappa shape index (κ3) is 4.26. The number of carbonyl (C=O) groups excluding carboxylic acids is 3. The van der Waals surface area contributed by atoms with Crippen LogP contribution in [0.3, 0.4) is 0 Å². The SMILES string of the molecule is C=CCN(C(=O)NCCCC)[C@@H]1CC(=O)N(c2ccc(C)cc2)C1=O. The molecule has 0 aromatic heterocycles. The molecule has 1 atom stereocenters. The summed E-state index contributed by atoms with van der Waals surface area (Å²) in [4.78, 5) is 40.2. The summed E-state index contributed by atoms with van der Waals surface area (Å²) in [5, 5.41) is 2.80. The van der Waals surface area contributed by atoms with Crippen LogP contribution in [0.2, 0.25) is 0 Å². The summed E-state index contributed by atoms with van der Waals surface area (Å²) in [5.74, 6) is -0.671. The molecule has 0 saturated carbocycles. The smallest absolute Gasteiger partial charge is 0.318 e. The van der Waals surface area contributed by atoms with E-state index in [1.54, 1.807) is 18.2 Å². The van der Waals surface area contributed by atoms with Crippen LogP contribution in [-0.4, -0.2) is 41.9 Å². The highest BCUT2D eigenvalue weighted by molar-refractivity contribution is 6.23. The Labute approximate surface area is 148 Å². The molecule has 0 aliphatic carbocycles. The summed E-state index contributed by atoms with van der Waals surface area (Å²) >= 11 is 0. The Morgan fingerprint density at radius 3 is 2.64 bits per heavy atom. The van der Waals surface area contributed by atoms with E-state index >= 15 is 0 Å². The Morgan fingerprint density at radius 1 is 1.36 bits per heavy atom. The molecule has 1 N–H and O–H groups in total. The Morgan fingerprint density at radius 2 is 2.04 bits per heavy atom. The number of anilines is 1. The zero-order valence-corrected chi connectivity index (χ0v) is 14.8. The van der Waals surface area contributed by atoms with Crippen LogP contribution in [0.25, 0.3) is 0 Å². The fourth-order valence-corrected chi connectivity index (χ4v) is 2.79. The van der Waals surface area contributed by atoms with E-state index in [4.69, 9.17) is 0 Å². The quantitative estimate of drug-likeness (QED) is 0.470. The highest BCUT2D eigenvalue weighted by atomic mass is 16.2. The molecule has 0 unspecified atom stereocenters. The van der Waals surface area contributed by atoms with Gasteiger partial charge in [-0.2, -0.15) is 0 Å². The van der Waals surface area contributed by atoms with Crippen LogP contribution in [0.4, 0.5) is 10.5 Å². The molecule has 0 radical (unpaired) electrons. The number of hydrogen-bond donors (Lipinski definition) is 1. The lowest BCUT2D eigenvalue weighted by Gasteiger charge is -2.26. The number of aryl methyl sites for hydroxylation is 1. The fraction of sp³-hybridized carbons (Fsp3) is 0.421. The van der Waals surface area contributed by atoms with Gasteiger partial charge < -0.3 is 10.2 Å². The number of nitrogens with zero attached hydrogens (tertiary/aromatic N) is 2. The van der Waals surface area contributed by atoms with Gasteiger partial charge in [0.05, 0.1) is 12.1 Å². The third-order valence-electron chi connectivity index (χ3n) is 4.18. The van der Waals surface area contributed by atoms with E-state index in [1.807, 2.05) is 26.0 Å². The number of amides is 4. The topological polar surface area (TPSA) is 69.7 Å². The lowest BCUT2D eigenvalue weighted by atomic mass is 10.2. The van der Waals surface area contributed by atoms with Crippen molar-refractivity contribution in [3.8, 4) is 0 Å². The summed E-state index contributed by atoms with van der Waals surface area (Å²) in [6.07, 6.45) is 3.37. The highest BCUT2D eigenvalue weighted by Crippen LogP contribution is 2.26. The first-order valence-electron chi connectivity index (χ1n) is 8.58. The maximum atomic E-state index is 12.8. The lowest BCUT2D eigenvalue weighted by molar-refractivity contribution is -0.122. The summed E-state index contributed by atoms with van der Waals surface area (Å²) in [6, 6.07) is 6.04. The minimum Gasteiger partial charge on any atom is -0.338 e. The van der Waals surface area contributed by atoms with Gasteiger partial charge in [0.25, 0.3) is 5.91 Å². The Bertz CT molecular complexity index is 654. The third-order valence-corrected chi connectivity index (χ3v) is 4.18. The second-order valence-corrected chi connectivity index (χ2v) is 6.15. The van der Waals surface area contributed by atoms with E-state index in [2.05, 4.69) is 11.9 Å². The highest BCUT2D eigenvalue weighted by Gasteiger charge is 2.44. The Kier molecular flexibility index (Phi) is 6.33. The van der Waals surface area contributed by atoms with E-state index in [-0.39, 0.29) is 30.8 Å². The molecule has 1 saturated heterocycles. The average molecular weight is 343 g/mol. The molecule has 2 rings (SSSR count). The zero-order valence-electron chi connectivity index (χ0n) is 14.8. The van der Waals surface area contributed by atoms with E-state index in [1.165, 1.54) is 9.80 Å². The molecule has 0 spiro atoms. The van der Waals surface area contributed by atoms with Crippen molar-refractivity contribution >= 4 is 23.5 Å². The number of benzene rings is 1. The van der Waals surface area contributed by atoms with Gasteiger partial charge in [0.1, 0.15) is 6.04 Å². The zero-order chi connectivity index (χ0) is 18.4. The van der Waals surface area contributed by atoms with Crippen molar-refractivity contribution in [2.24, 2.45) is 0 Å². The Hall–Kier alpha value is -2.63. The molecule has 4 amide bonds. The molecule has 1 aromatic carbocycles. The second-order valence-electron chi connectivity index (χ2n) is 6.15. The number of rotatable bonds is 7. The van der Waals surface area contributed by atoms with Gasteiger partial charge in [-0.1, -0.05) is 37.1 Å². The molecule has 25 heavy (non-hydrogen) atoms. The minimum absolute atomic E-state index is 0.0122. The monoisotopic (exact) mass is 343 g/mol. The van der Waals surface area contributed by atoms with Gasteiger partial charge in [-0.15, -0.1) is 6.58 Å².